The van der Waals surface area contributed by atoms with Crippen LogP contribution in [0.5, 0.6) is 0 Å². The highest BCUT2D eigenvalue weighted by atomic mass is 16.2. The van der Waals surface area contributed by atoms with Crippen molar-refractivity contribution in [2.75, 3.05) is 23.3 Å². The molecule has 0 radical (unpaired) electrons. The lowest BCUT2D eigenvalue weighted by molar-refractivity contribution is -0.120. The average molecular weight is 362 g/mol. The van der Waals surface area contributed by atoms with Gasteiger partial charge in [0.25, 0.3) is 0 Å². The molecule has 0 saturated carbocycles. The molecule has 1 aromatic carbocycles. The molecule has 1 saturated heterocycles. The Kier molecular flexibility index (Phi) is 4.58. The van der Waals surface area contributed by atoms with Gasteiger partial charge in [0.1, 0.15) is 12.1 Å². The highest BCUT2D eigenvalue weighted by molar-refractivity contribution is 5.95. The average Bonchev–Trinajstić information content (AvgIpc) is 3.16. The maximum absolute atomic E-state index is 12.6. The minimum Gasteiger partial charge on any atom is -0.355 e. The normalized spacial score (nSPS) is 14.3. The molecule has 7 nitrogen and oxygen atoms in total. The second-order valence-electron chi connectivity index (χ2n) is 7.02. The molecular weight excluding hydrogens is 340 g/mol. The van der Waals surface area contributed by atoms with Gasteiger partial charge >= 0.3 is 0 Å². The van der Waals surface area contributed by atoms with Gasteiger partial charge in [0.2, 0.25) is 5.91 Å². The zero-order chi connectivity index (χ0) is 18.8. The molecule has 0 bridgehead atoms. The lowest BCUT2D eigenvalue weighted by Crippen LogP contribution is -2.52. The summed E-state index contributed by atoms with van der Waals surface area (Å²) in [6.07, 6.45) is 5.07. The second kappa shape index (κ2) is 7.19. The van der Waals surface area contributed by atoms with Gasteiger partial charge in [-0.3, -0.25) is 4.79 Å². The summed E-state index contributed by atoms with van der Waals surface area (Å²) in [6, 6.07) is 11.7. The molecule has 0 spiro atoms. The number of aromatic nitrogens is 4. The highest BCUT2D eigenvalue weighted by Crippen LogP contribution is 2.27. The number of carbonyl (C=O) groups is 1. The Labute approximate surface area is 158 Å². The van der Waals surface area contributed by atoms with Crippen molar-refractivity contribution in [2.45, 2.75) is 19.8 Å². The number of hydrogen-bond acceptors (Lipinski definition) is 5. The fourth-order valence-corrected chi connectivity index (χ4v) is 3.22. The van der Waals surface area contributed by atoms with E-state index in [1.807, 2.05) is 36.5 Å². The van der Waals surface area contributed by atoms with Crippen LogP contribution in [0.25, 0.3) is 5.82 Å². The summed E-state index contributed by atoms with van der Waals surface area (Å²) >= 11 is 0. The van der Waals surface area contributed by atoms with E-state index in [2.05, 4.69) is 45.2 Å². The molecule has 0 unspecified atom stereocenters. The number of nitrogens with zero attached hydrogens (tertiary/aromatic N) is 5. The van der Waals surface area contributed by atoms with Crippen molar-refractivity contribution in [3.05, 3.63) is 60.7 Å². The molecule has 1 aliphatic rings. The van der Waals surface area contributed by atoms with Gasteiger partial charge in [-0.1, -0.05) is 32.0 Å². The van der Waals surface area contributed by atoms with E-state index < -0.39 is 0 Å². The topological polar surface area (TPSA) is 75.9 Å². The lowest BCUT2D eigenvalue weighted by Gasteiger charge is -2.39. The van der Waals surface area contributed by atoms with Gasteiger partial charge in [0.05, 0.1) is 5.92 Å². The first-order valence-electron chi connectivity index (χ1n) is 9.08. The number of para-hydroxylation sites is 1. The van der Waals surface area contributed by atoms with Crippen LogP contribution in [0.1, 0.15) is 25.3 Å². The third kappa shape index (κ3) is 3.53. The Hall–Kier alpha value is -3.22. The van der Waals surface area contributed by atoms with Crippen LogP contribution in [0.15, 0.2) is 55.1 Å². The van der Waals surface area contributed by atoms with E-state index in [1.54, 1.807) is 10.9 Å². The monoisotopic (exact) mass is 362 g/mol. The minimum absolute atomic E-state index is 0.0478. The molecule has 3 heterocycles. The number of benzene rings is 1. The molecule has 0 atom stereocenters. The molecule has 138 valence electrons. The van der Waals surface area contributed by atoms with Crippen molar-refractivity contribution < 1.29 is 4.79 Å². The van der Waals surface area contributed by atoms with Crippen molar-refractivity contribution in [2.24, 2.45) is 5.92 Å². The van der Waals surface area contributed by atoms with Crippen LogP contribution in [0.4, 0.5) is 11.5 Å². The zero-order valence-electron chi connectivity index (χ0n) is 15.4. The molecule has 2 aromatic heterocycles. The molecule has 0 aliphatic carbocycles. The van der Waals surface area contributed by atoms with Crippen LogP contribution < -0.4 is 10.2 Å². The molecule has 3 aromatic rings. The molecule has 27 heavy (non-hydrogen) atoms. The summed E-state index contributed by atoms with van der Waals surface area (Å²) in [5.41, 5.74) is 2.06. The van der Waals surface area contributed by atoms with Crippen LogP contribution in [0.2, 0.25) is 0 Å². The van der Waals surface area contributed by atoms with Crippen molar-refractivity contribution in [3.63, 3.8) is 0 Å². The molecule has 7 heteroatoms. The quantitative estimate of drug-likeness (QED) is 0.755. The number of nitrogens with one attached hydrogen (secondary N) is 1. The zero-order valence-corrected chi connectivity index (χ0v) is 15.4. The van der Waals surface area contributed by atoms with E-state index in [-0.39, 0.29) is 11.8 Å². The first-order chi connectivity index (χ1) is 13.1. The molecule has 1 amide bonds. The van der Waals surface area contributed by atoms with E-state index in [0.717, 1.165) is 17.1 Å². The number of amides is 1. The Morgan fingerprint density at radius 3 is 2.67 bits per heavy atom. The van der Waals surface area contributed by atoms with E-state index in [0.29, 0.717) is 24.8 Å². The molecule has 1 aliphatic heterocycles. The van der Waals surface area contributed by atoms with Gasteiger partial charge in [-0.15, -0.1) is 0 Å². The first-order valence-corrected chi connectivity index (χ1v) is 9.08. The Bertz CT molecular complexity index is 931. The maximum atomic E-state index is 12.6. The van der Waals surface area contributed by atoms with Crippen LogP contribution in [0, 0.1) is 5.92 Å². The second-order valence-corrected chi connectivity index (χ2v) is 7.02. The smallest absolute Gasteiger partial charge is 0.231 e. The van der Waals surface area contributed by atoms with E-state index >= 15 is 0 Å². The van der Waals surface area contributed by atoms with E-state index in [4.69, 9.17) is 0 Å². The third-order valence-corrected chi connectivity index (χ3v) is 4.79. The third-order valence-electron chi connectivity index (χ3n) is 4.79. The van der Waals surface area contributed by atoms with Crippen molar-refractivity contribution in [1.82, 2.24) is 19.7 Å². The molecular formula is C20H22N6O. The summed E-state index contributed by atoms with van der Waals surface area (Å²) < 4.78 is 1.69. The fraction of sp³-hybridized carbons (Fsp3) is 0.300. The van der Waals surface area contributed by atoms with Gasteiger partial charge in [-0.05, 0) is 23.6 Å². The summed E-state index contributed by atoms with van der Waals surface area (Å²) in [4.78, 5) is 23.3. The van der Waals surface area contributed by atoms with Gasteiger partial charge in [0.15, 0.2) is 5.82 Å². The summed E-state index contributed by atoms with van der Waals surface area (Å²) in [7, 11) is 0. The first kappa shape index (κ1) is 17.2. The minimum atomic E-state index is -0.0478. The van der Waals surface area contributed by atoms with Crippen LogP contribution in [0.3, 0.4) is 0 Å². The largest absolute Gasteiger partial charge is 0.355 e. The predicted octanol–water partition coefficient (Wildman–Crippen LogP) is 2.86. The van der Waals surface area contributed by atoms with E-state index in [9.17, 15) is 4.79 Å². The van der Waals surface area contributed by atoms with Crippen molar-refractivity contribution >= 4 is 17.4 Å². The number of hydrogen-bond donors (Lipinski definition) is 1. The summed E-state index contributed by atoms with van der Waals surface area (Å²) in [6.45, 7) is 5.54. The number of carbonyl (C=O) groups excluding carboxylic acids is 1. The summed E-state index contributed by atoms with van der Waals surface area (Å²) in [5.74, 6) is 1.89. The standard InChI is InChI=1S/C20H22N6O/c1-14(2)16-6-3-4-7-17(16)24-20(27)15-11-25(12-15)18-10-19(22-13-21-18)26-9-5-8-23-26/h3-10,13-15H,11-12H2,1-2H3,(H,24,27). The molecule has 1 N–H and O–H groups in total. The maximum Gasteiger partial charge on any atom is 0.231 e. The van der Waals surface area contributed by atoms with E-state index in [1.165, 1.54) is 6.33 Å². The Balaban J connectivity index is 1.40. The summed E-state index contributed by atoms with van der Waals surface area (Å²) in [5, 5.41) is 7.27. The van der Waals surface area contributed by atoms with Gasteiger partial charge < -0.3 is 10.2 Å². The molecule has 4 rings (SSSR count). The van der Waals surface area contributed by atoms with Gasteiger partial charge in [-0.25, -0.2) is 14.6 Å². The number of rotatable bonds is 5. The van der Waals surface area contributed by atoms with Crippen molar-refractivity contribution in [1.29, 1.82) is 0 Å². The fourth-order valence-electron chi connectivity index (χ4n) is 3.22. The SMILES string of the molecule is CC(C)c1ccccc1NC(=O)C1CN(c2cc(-n3cccn3)ncn2)C1. The Morgan fingerprint density at radius 1 is 1.15 bits per heavy atom. The van der Waals surface area contributed by atoms with Gasteiger partial charge in [0, 0.05) is 37.2 Å². The van der Waals surface area contributed by atoms with Crippen LogP contribution >= 0.6 is 0 Å². The van der Waals surface area contributed by atoms with Gasteiger partial charge in [-0.2, -0.15) is 5.10 Å². The molecule has 1 fully saturated rings. The predicted molar refractivity (Wildman–Crippen MR) is 104 cm³/mol. The highest BCUT2D eigenvalue weighted by Gasteiger charge is 2.34. The Morgan fingerprint density at radius 2 is 1.93 bits per heavy atom. The van der Waals surface area contributed by atoms with Crippen LogP contribution in [-0.4, -0.2) is 38.7 Å². The lowest BCUT2D eigenvalue weighted by atomic mass is 9.97. The number of anilines is 2. The van der Waals surface area contributed by atoms with Crippen molar-refractivity contribution in [3.8, 4) is 5.82 Å². The van der Waals surface area contributed by atoms with Crippen LogP contribution in [-0.2, 0) is 4.79 Å².